The van der Waals surface area contributed by atoms with Crippen LogP contribution in [-0.4, -0.2) is 0 Å². The van der Waals surface area contributed by atoms with Gasteiger partial charge >= 0.3 is 0 Å². The Hall–Kier alpha value is -0.340. The Balaban J connectivity index is 3.23. The van der Waals surface area contributed by atoms with E-state index in [-0.39, 0.29) is 0 Å². The highest BCUT2D eigenvalue weighted by Crippen LogP contribution is 2.23. The van der Waals surface area contributed by atoms with Gasteiger partial charge in [0.25, 0.3) is 0 Å². The van der Waals surface area contributed by atoms with Crippen LogP contribution in [0.2, 0.25) is 0 Å². The molecule has 64 valence electrons. The van der Waals surface area contributed by atoms with Gasteiger partial charge in [-0.1, -0.05) is 23.8 Å². The molecule has 0 saturated carbocycles. The third-order valence-corrected chi connectivity index (χ3v) is 2.62. The summed E-state index contributed by atoms with van der Waals surface area (Å²) in [6.07, 6.45) is 0. The van der Waals surface area contributed by atoms with E-state index in [4.69, 9.17) is 0 Å². The largest absolute Gasteiger partial charge is 0.150 e. The smallest absolute Gasteiger partial charge is 0.0176 e. The third-order valence-electron chi connectivity index (χ3n) is 1.79. The number of benzene rings is 1. The zero-order valence-corrected chi connectivity index (χ0v) is 8.99. The molecule has 0 aliphatic heterocycles. The van der Waals surface area contributed by atoms with Crippen molar-refractivity contribution in [1.82, 2.24) is 0 Å². The van der Waals surface area contributed by atoms with Crippen molar-refractivity contribution in [2.75, 3.05) is 0 Å². The predicted octanol–water partition coefficient (Wildman–Crippen LogP) is 3.46. The Morgan fingerprint density at radius 2 is 2.00 bits per heavy atom. The predicted molar refractivity (Wildman–Crippen MR) is 61.9 cm³/mol. The number of thiol groups is 2. The van der Waals surface area contributed by atoms with E-state index in [1.165, 1.54) is 11.1 Å². The number of hydrogen-bond acceptors (Lipinski definition) is 2. The van der Waals surface area contributed by atoms with E-state index in [0.29, 0.717) is 0 Å². The first-order valence-corrected chi connectivity index (χ1v) is 4.72. The molecule has 0 amide bonds. The first-order chi connectivity index (χ1) is 5.65. The summed E-state index contributed by atoms with van der Waals surface area (Å²) in [7, 11) is 0. The molecule has 0 heterocycles. The molecule has 0 aliphatic carbocycles. The van der Waals surface area contributed by atoms with Crippen molar-refractivity contribution >= 4 is 30.2 Å². The van der Waals surface area contributed by atoms with E-state index < -0.39 is 0 Å². The number of rotatable bonds is 1. The molecule has 0 bridgehead atoms. The van der Waals surface area contributed by atoms with Crippen LogP contribution >= 0.6 is 25.3 Å². The lowest BCUT2D eigenvalue weighted by Gasteiger charge is -2.05. The maximum atomic E-state index is 4.32. The summed E-state index contributed by atoms with van der Waals surface area (Å²) in [5.74, 6) is 0. The number of hydrogen-bond donors (Lipinski definition) is 2. The molecule has 1 aromatic rings. The highest BCUT2D eigenvalue weighted by Gasteiger charge is 1.99. The molecule has 0 aromatic heterocycles. The fraction of sp³-hybridized carbons (Fsp3) is 0.200. The molecule has 12 heavy (non-hydrogen) atoms. The van der Waals surface area contributed by atoms with Gasteiger partial charge in [-0.25, -0.2) is 0 Å². The van der Waals surface area contributed by atoms with Crippen LogP contribution in [0, 0.1) is 13.8 Å². The van der Waals surface area contributed by atoms with Crippen LogP contribution in [0.15, 0.2) is 23.6 Å². The van der Waals surface area contributed by atoms with Gasteiger partial charge < -0.3 is 0 Å². The Kier molecular flexibility index (Phi) is 3.29. The second kappa shape index (κ2) is 4.06. The van der Waals surface area contributed by atoms with Crippen molar-refractivity contribution in [3.63, 3.8) is 0 Å². The lowest BCUT2D eigenvalue weighted by atomic mass is 10.1. The van der Waals surface area contributed by atoms with E-state index in [9.17, 15) is 0 Å². The van der Waals surface area contributed by atoms with Gasteiger partial charge in [-0.15, -0.1) is 12.6 Å². The molecule has 0 saturated heterocycles. The third kappa shape index (κ3) is 2.08. The topological polar surface area (TPSA) is 0 Å². The summed E-state index contributed by atoms with van der Waals surface area (Å²) in [4.78, 5) is 0.916. The van der Waals surface area contributed by atoms with E-state index in [2.05, 4.69) is 57.3 Å². The van der Waals surface area contributed by atoms with Crippen LogP contribution in [0.25, 0.3) is 4.91 Å². The van der Waals surface area contributed by atoms with Crippen LogP contribution < -0.4 is 0 Å². The minimum Gasteiger partial charge on any atom is -0.150 e. The van der Waals surface area contributed by atoms with Gasteiger partial charge in [0.05, 0.1) is 0 Å². The molecule has 0 nitrogen and oxygen atoms in total. The van der Waals surface area contributed by atoms with E-state index in [1.54, 1.807) is 5.41 Å². The van der Waals surface area contributed by atoms with Gasteiger partial charge in [0.1, 0.15) is 0 Å². The molecule has 2 heteroatoms. The second-order valence-electron chi connectivity index (χ2n) is 2.83. The van der Waals surface area contributed by atoms with Gasteiger partial charge in [0.15, 0.2) is 0 Å². The minimum atomic E-state index is 0.916. The summed E-state index contributed by atoms with van der Waals surface area (Å²) in [5, 5.41) is 1.71. The molecule has 0 atom stereocenters. The maximum absolute atomic E-state index is 4.32. The second-order valence-corrected chi connectivity index (χ2v) is 3.57. The van der Waals surface area contributed by atoms with Gasteiger partial charge in [-0.2, -0.15) is 12.6 Å². The standard InChI is InChI=1S/C10H12S2/c1-7-3-4-8(2)9(5-7)10(12)6-11/h3-6,11-12H,1-2H3/b10-6-. The molecule has 0 unspecified atom stereocenters. The van der Waals surface area contributed by atoms with Crippen molar-refractivity contribution in [2.45, 2.75) is 13.8 Å². The summed E-state index contributed by atoms with van der Waals surface area (Å²) in [5.41, 5.74) is 3.64. The molecule has 0 radical (unpaired) electrons. The monoisotopic (exact) mass is 196 g/mol. The van der Waals surface area contributed by atoms with Crippen LogP contribution in [-0.2, 0) is 0 Å². The average molecular weight is 196 g/mol. The minimum absolute atomic E-state index is 0.916. The summed E-state index contributed by atoms with van der Waals surface area (Å²) >= 11 is 8.39. The zero-order chi connectivity index (χ0) is 9.14. The van der Waals surface area contributed by atoms with Gasteiger partial charge in [-0.05, 0) is 30.4 Å². The van der Waals surface area contributed by atoms with Crippen LogP contribution in [0.3, 0.4) is 0 Å². The lowest BCUT2D eigenvalue weighted by Crippen LogP contribution is -1.84. The average Bonchev–Trinajstić information content (AvgIpc) is 2.08. The van der Waals surface area contributed by atoms with E-state index in [0.717, 1.165) is 10.5 Å². The molecule has 0 N–H and O–H groups in total. The lowest BCUT2D eigenvalue weighted by molar-refractivity contribution is 1.37. The highest BCUT2D eigenvalue weighted by atomic mass is 32.1. The highest BCUT2D eigenvalue weighted by molar-refractivity contribution is 7.92. The van der Waals surface area contributed by atoms with Crippen molar-refractivity contribution in [3.8, 4) is 0 Å². The molecular formula is C10H12S2. The zero-order valence-electron chi connectivity index (χ0n) is 7.20. The molecule has 0 fully saturated rings. The van der Waals surface area contributed by atoms with E-state index in [1.807, 2.05) is 0 Å². The van der Waals surface area contributed by atoms with Crippen molar-refractivity contribution in [1.29, 1.82) is 0 Å². The summed E-state index contributed by atoms with van der Waals surface area (Å²) < 4.78 is 0. The molecule has 1 aromatic carbocycles. The van der Waals surface area contributed by atoms with Crippen molar-refractivity contribution in [3.05, 3.63) is 40.3 Å². The normalized spacial score (nSPS) is 11.8. The van der Waals surface area contributed by atoms with Crippen LogP contribution in [0.4, 0.5) is 0 Å². The van der Waals surface area contributed by atoms with Gasteiger partial charge in [0, 0.05) is 4.91 Å². The van der Waals surface area contributed by atoms with Crippen LogP contribution in [0.1, 0.15) is 16.7 Å². The summed E-state index contributed by atoms with van der Waals surface area (Å²) in [6.45, 7) is 4.14. The Morgan fingerprint density at radius 3 is 2.58 bits per heavy atom. The van der Waals surface area contributed by atoms with Crippen LogP contribution in [0.5, 0.6) is 0 Å². The molecule has 1 rings (SSSR count). The first kappa shape index (κ1) is 9.75. The van der Waals surface area contributed by atoms with Crippen molar-refractivity contribution < 1.29 is 0 Å². The Bertz CT molecular complexity index is 314. The molecule has 0 spiro atoms. The first-order valence-electron chi connectivity index (χ1n) is 3.76. The molecule has 0 aliphatic rings. The van der Waals surface area contributed by atoms with Gasteiger partial charge in [0.2, 0.25) is 0 Å². The summed E-state index contributed by atoms with van der Waals surface area (Å²) in [6, 6.07) is 6.31. The fourth-order valence-corrected chi connectivity index (χ4v) is 1.46. The quantitative estimate of drug-likeness (QED) is 0.631. The van der Waals surface area contributed by atoms with E-state index >= 15 is 0 Å². The maximum Gasteiger partial charge on any atom is 0.0176 e. The fourth-order valence-electron chi connectivity index (χ4n) is 1.08. The SMILES string of the molecule is Cc1ccc(C)c(/C(S)=C/S)c1. The number of aryl methyl sites for hydroxylation is 2. The molecular weight excluding hydrogens is 184 g/mol. The van der Waals surface area contributed by atoms with Crippen molar-refractivity contribution in [2.24, 2.45) is 0 Å². The Labute approximate surface area is 84.5 Å². The Morgan fingerprint density at radius 1 is 1.33 bits per heavy atom. The van der Waals surface area contributed by atoms with Gasteiger partial charge in [-0.3, -0.25) is 0 Å².